The van der Waals surface area contributed by atoms with Gasteiger partial charge in [-0.25, -0.2) is 8.78 Å². The van der Waals surface area contributed by atoms with E-state index in [0.717, 1.165) is 18.9 Å². The number of hydrogen-bond acceptors (Lipinski definition) is 4. The molecule has 1 fully saturated rings. The molecule has 0 radical (unpaired) electrons. The molecule has 0 bridgehead atoms. The summed E-state index contributed by atoms with van der Waals surface area (Å²) >= 11 is 0. The van der Waals surface area contributed by atoms with Gasteiger partial charge in [0.15, 0.2) is 0 Å². The van der Waals surface area contributed by atoms with Crippen LogP contribution in [0.15, 0.2) is 42.7 Å². The zero-order valence-electron chi connectivity index (χ0n) is 15.7. The molecule has 29 heavy (non-hydrogen) atoms. The second-order valence-corrected chi connectivity index (χ2v) is 7.21. The van der Waals surface area contributed by atoms with E-state index < -0.39 is 11.6 Å². The van der Waals surface area contributed by atoms with E-state index in [4.69, 9.17) is 4.74 Å². The fourth-order valence-corrected chi connectivity index (χ4v) is 3.73. The molecule has 1 aromatic carbocycles. The van der Waals surface area contributed by atoms with E-state index in [-0.39, 0.29) is 30.2 Å². The third kappa shape index (κ3) is 4.51. The van der Waals surface area contributed by atoms with E-state index in [2.05, 4.69) is 25.1 Å². The molecule has 1 saturated heterocycles. The smallest absolute Gasteiger partial charge is 0.248 e. The molecule has 3 heterocycles. The number of nitrogens with zero attached hydrogens (tertiary/aromatic N) is 3. The van der Waals surface area contributed by atoms with Crippen molar-refractivity contribution >= 4 is 11.9 Å². The van der Waals surface area contributed by atoms with E-state index in [1.807, 2.05) is 24.5 Å². The van der Waals surface area contributed by atoms with Gasteiger partial charge in [0.2, 0.25) is 11.9 Å². The minimum absolute atomic E-state index is 0.136. The van der Waals surface area contributed by atoms with Gasteiger partial charge in [0.25, 0.3) is 0 Å². The molecular formula is C20H21F2N5O2. The molecular weight excluding hydrogens is 380 g/mol. The third-order valence-corrected chi connectivity index (χ3v) is 5.14. The van der Waals surface area contributed by atoms with E-state index in [1.54, 1.807) is 0 Å². The largest absolute Gasteiger partial charge is 0.381 e. The third-order valence-electron chi connectivity index (χ3n) is 5.14. The van der Waals surface area contributed by atoms with Gasteiger partial charge in [-0.05, 0) is 42.7 Å². The first-order chi connectivity index (χ1) is 14.0. The standard InChI is InChI=1S/C20H21F2N5O2/c21-15-9-14(10-16(22)12-15)11-17-23-19(26-25-17)24-18(28)13-20(3-7-29-8-4-20)27-5-1-2-6-27/h1-2,5-6,9-10,12H,3-4,7-8,11,13H2,(H2,23,24,25,26,28). The van der Waals surface area contributed by atoms with Crippen molar-refractivity contribution in [3.05, 3.63) is 65.7 Å². The summed E-state index contributed by atoms with van der Waals surface area (Å²) in [7, 11) is 0. The zero-order valence-corrected chi connectivity index (χ0v) is 15.7. The van der Waals surface area contributed by atoms with Gasteiger partial charge in [-0.2, -0.15) is 4.98 Å². The molecule has 0 atom stereocenters. The number of hydrogen-bond donors (Lipinski definition) is 2. The quantitative estimate of drug-likeness (QED) is 0.665. The Hall–Kier alpha value is -3.07. The van der Waals surface area contributed by atoms with Gasteiger partial charge in [0, 0.05) is 38.1 Å². The molecule has 152 valence electrons. The van der Waals surface area contributed by atoms with E-state index in [9.17, 15) is 13.6 Å². The lowest BCUT2D eigenvalue weighted by atomic mass is 9.86. The number of anilines is 1. The molecule has 1 amide bonds. The average molecular weight is 401 g/mol. The van der Waals surface area contributed by atoms with Gasteiger partial charge in [-0.15, -0.1) is 5.10 Å². The summed E-state index contributed by atoms with van der Waals surface area (Å²) in [5, 5.41) is 9.39. The van der Waals surface area contributed by atoms with Crippen LogP contribution in [-0.4, -0.2) is 38.9 Å². The summed E-state index contributed by atoms with van der Waals surface area (Å²) in [5.74, 6) is -0.976. The number of halogens is 2. The highest BCUT2D eigenvalue weighted by molar-refractivity contribution is 5.89. The summed E-state index contributed by atoms with van der Waals surface area (Å²) in [6.45, 7) is 1.20. The van der Waals surface area contributed by atoms with E-state index in [0.29, 0.717) is 24.6 Å². The summed E-state index contributed by atoms with van der Waals surface area (Å²) in [6, 6.07) is 7.15. The second-order valence-electron chi connectivity index (χ2n) is 7.21. The number of aromatic nitrogens is 4. The summed E-state index contributed by atoms with van der Waals surface area (Å²) in [5.41, 5.74) is 0.0784. The van der Waals surface area contributed by atoms with E-state index >= 15 is 0 Å². The SMILES string of the molecule is O=C(CC1(n2cccc2)CCOCC1)Nc1n[nH]c(Cc2cc(F)cc(F)c2)n1. The van der Waals surface area contributed by atoms with Crippen LogP contribution in [0.2, 0.25) is 0 Å². The second kappa shape index (κ2) is 8.12. The molecule has 7 nitrogen and oxygen atoms in total. The summed E-state index contributed by atoms with van der Waals surface area (Å²) in [4.78, 5) is 16.9. The van der Waals surface area contributed by atoms with Crippen LogP contribution in [0.5, 0.6) is 0 Å². The van der Waals surface area contributed by atoms with Gasteiger partial charge in [-0.1, -0.05) is 0 Å². The summed E-state index contributed by atoms with van der Waals surface area (Å²) in [6.07, 6.45) is 5.83. The fraction of sp³-hybridized carbons (Fsp3) is 0.350. The fourth-order valence-electron chi connectivity index (χ4n) is 3.73. The number of ether oxygens (including phenoxy) is 1. The van der Waals surface area contributed by atoms with Crippen molar-refractivity contribution in [2.45, 2.75) is 31.2 Å². The first-order valence-electron chi connectivity index (χ1n) is 9.40. The van der Waals surface area contributed by atoms with Crippen LogP contribution >= 0.6 is 0 Å². The first-order valence-corrected chi connectivity index (χ1v) is 9.40. The molecule has 2 aromatic heterocycles. The molecule has 0 aliphatic carbocycles. The van der Waals surface area contributed by atoms with Gasteiger partial charge in [-0.3, -0.25) is 15.2 Å². The maximum atomic E-state index is 13.3. The highest BCUT2D eigenvalue weighted by Crippen LogP contribution is 2.33. The predicted molar refractivity (Wildman–Crippen MR) is 101 cm³/mol. The molecule has 4 rings (SSSR count). The van der Waals surface area contributed by atoms with Crippen molar-refractivity contribution in [1.29, 1.82) is 0 Å². The number of aromatic amines is 1. The Bertz CT molecular complexity index is 960. The van der Waals surface area contributed by atoms with Crippen LogP contribution in [0.3, 0.4) is 0 Å². The number of benzene rings is 1. The van der Waals surface area contributed by atoms with Crippen LogP contribution in [0.25, 0.3) is 0 Å². The van der Waals surface area contributed by atoms with Gasteiger partial charge in [0.1, 0.15) is 17.5 Å². The van der Waals surface area contributed by atoms with Crippen LogP contribution in [0.1, 0.15) is 30.7 Å². The number of amides is 1. The van der Waals surface area contributed by atoms with Crippen molar-refractivity contribution in [3.8, 4) is 0 Å². The Balaban J connectivity index is 1.42. The lowest BCUT2D eigenvalue weighted by Gasteiger charge is -2.38. The number of carbonyl (C=O) groups excluding carboxylic acids is 1. The number of rotatable bonds is 6. The molecule has 9 heteroatoms. The van der Waals surface area contributed by atoms with Crippen LogP contribution in [-0.2, 0) is 21.5 Å². The molecule has 3 aromatic rings. The molecule has 0 unspecified atom stereocenters. The van der Waals surface area contributed by atoms with Crippen molar-refractivity contribution in [2.75, 3.05) is 18.5 Å². The Morgan fingerprint density at radius 1 is 1.17 bits per heavy atom. The molecule has 0 spiro atoms. The monoisotopic (exact) mass is 401 g/mol. The Morgan fingerprint density at radius 3 is 2.55 bits per heavy atom. The lowest BCUT2D eigenvalue weighted by Crippen LogP contribution is -2.42. The molecule has 1 aliphatic rings. The normalized spacial score (nSPS) is 15.9. The highest BCUT2D eigenvalue weighted by Gasteiger charge is 2.36. The van der Waals surface area contributed by atoms with Gasteiger partial charge < -0.3 is 9.30 Å². The van der Waals surface area contributed by atoms with Crippen molar-refractivity contribution in [3.63, 3.8) is 0 Å². The van der Waals surface area contributed by atoms with Crippen molar-refractivity contribution in [2.24, 2.45) is 0 Å². The molecule has 2 N–H and O–H groups in total. The minimum Gasteiger partial charge on any atom is -0.381 e. The van der Waals surface area contributed by atoms with Crippen LogP contribution in [0.4, 0.5) is 14.7 Å². The average Bonchev–Trinajstić information content (AvgIpc) is 3.34. The Labute approximate surface area is 166 Å². The predicted octanol–water partition coefficient (Wildman–Crippen LogP) is 3.01. The lowest BCUT2D eigenvalue weighted by molar-refractivity contribution is -0.119. The zero-order chi connectivity index (χ0) is 20.3. The molecule has 1 aliphatic heterocycles. The van der Waals surface area contributed by atoms with Crippen molar-refractivity contribution in [1.82, 2.24) is 19.7 Å². The van der Waals surface area contributed by atoms with Crippen LogP contribution in [0, 0.1) is 11.6 Å². The number of nitrogens with one attached hydrogen (secondary N) is 2. The number of H-pyrrole nitrogens is 1. The number of carbonyl (C=O) groups is 1. The maximum absolute atomic E-state index is 13.3. The van der Waals surface area contributed by atoms with E-state index in [1.165, 1.54) is 12.1 Å². The maximum Gasteiger partial charge on any atom is 0.248 e. The molecule has 0 saturated carbocycles. The van der Waals surface area contributed by atoms with Gasteiger partial charge in [0.05, 0.1) is 12.0 Å². The Kier molecular flexibility index (Phi) is 5.39. The van der Waals surface area contributed by atoms with Crippen LogP contribution < -0.4 is 5.32 Å². The minimum atomic E-state index is -0.653. The van der Waals surface area contributed by atoms with Crippen molar-refractivity contribution < 1.29 is 18.3 Å². The topological polar surface area (TPSA) is 84.8 Å². The highest BCUT2D eigenvalue weighted by atomic mass is 19.1. The Morgan fingerprint density at radius 2 is 1.86 bits per heavy atom. The first kappa shape index (κ1) is 19.3. The summed E-state index contributed by atoms with van der Waals surface area (Å²) < 4.78 is 34.2. The van der Waals surface area contributed by atoms with Gasteiger partial charge >= 0.3 is 0 Å².